The first kappa shape index (κ1) is 22.5. The number of ketones is 1. The highest BCUT2D eigenvalue weighted by molar-refractivity contribution is 6.46. The molecule has 1 saturated heterocycles. The number of aliphatic hydroxyl groups is 1. The maximum absolute atomic E-state index is 13.0. The van der Waals surface area contributed by atoms with Crippen molar-refractivity contribution in [1.82, 2.24) is 4.90 Å². The van der Waals surface area contributed by atoms with Crippen LogP contribution >= 0.6 is 0 Å². The molecular formula is C25H25NO7. The molecule has 0 bridgehead atoms. The lowest BCUT2D eigenvalue weighted by Crippen LogP contribution is -2.32. The number of benzene rings is 2. The number of carbonyl (C=O) groups is 3. The Labute approximate surface area is 191 Å². The molecule has 0 spiro atoms. The molecule has 0 aliphatic carbocycles. The molecule has 172 valence electrons. The molecule has 2 heterocycles. The molecular weight excluding hydrogens is 426 g/mol. The molecule has 2 aliphatic heterocycles. The van der Waals surface area contributed by atoms with E-state index in [1.165, 1.54) is 19.1 Å². The van der Waals surface area contributed by atoms with Gasteiger partial charge in [0.2, 0.25) is 0 Å². The van der Waals surface area contributed by atoms with Gasteiger partial charge in [0.25, 0.3) is 11.7 Å². The first-order valence-electron chi connectivity index (χ1n) is 10.6. The van der Waals surface area contributed by atoms with Gasteiger partial charge in [0.15, 0.2) is 0 Å². The Balaban J connectivity index is 1.80. The molecule has 2 atom stereocenters. The molecule has 8 nitrogen and oxygen atoms in total. The first-order valence-corrected chi connectivity index (χ1v) is 10.6. The molecule has 2 aliphatic rings. The van der Waals surface area contributed by atoms with Gasteiger partial charge < -0.3 is 24.2 Å². The largest absolute Gasteiger partial charge is 0.507 e. The van der Waals surface area contributed by atoms with Crippen LogP contribution in [-0.2, 0) is 25.5 Å². The topological polar surface area (TPSA) is 102 Å². The van der Waals surface area contributed by atoms with Gasteiger partial charge in [-0.2, -0.15) is 0 Å². The zero-order valence-electron chi connectivity index (χ0n) is 18.7. The van der Waals surface area contributed by atoms with Crippen LogP contribution in [0.4, 0.5) is 0 Å². The number of methoxy groups -OCH3 is 2. The maximum Gasteiger partial charge on any atom is 0.337 e. The number of esters is 1. The van der Waals surface area contributed by atoms with Gasteiger partial charge in [0.1, 0.15) is 17.6 Å². The highest BCUT2D eigenvalue weighted by atomic mass is 16.5. The lowest BCUT2D eigenvalue weighted by Gasteiger charge is -2.25. The van der Waals surface area contributed by atoms with Crippen molar-refractivity contribution in [2.45, 2.75) is 25.5 Å². The number of likely N-dealkylation sites (tertiary alicyclic amines) is 1. The summed E-state index contributed by atoms with van der Waals surface area (Å²) in [5, 5.41) is 11.2. The summed E-state index contributed by atoms with van der Waals surface area (Å²) in [5.74, 6) is -1.48. The zero-order chi connectivity index (χ0) is 23.7. The van der Waals surface area contributed by atoms with E-state index in [9.17, 15) is 19.5 Å². The van der Waals surface area contributed by atoms with Crippen LogP contribution in [0.15, 0.2) is 48.0 Å². The van der Waals surface area contributed by atoms with E-state index < -0.39 is 23.7 Å². The van der Waals surface area contributed by atoms with E-state index in [1.807, 2.05) is 6.92 Å². The molecule has 1 N–H and O–H groups in total. The SMILES string of the molecule is COCCN1C(=O)C(=O)C(=C(O)c2ccc3c(c2)C[C@H](C)O3)[C@@H]1c1ccc(C(=O)OC)cc1. The van der Waals surface area contributed by atoms with Gasteiger partial charge in [-0.25, -0.2) is 4.79 Å². The van der Waals surface area contributed by atoms with Crippen LogP contribution in [0.2, 0.25) is 0 Å². The minimum absolute atomic E-state index is 0.00571. The van der Waals surface area contributed by atoms with Gasteiger partial charge in [0, 0.05) is 25.6 Å². The number of Topliss-reactive ketones (excluding diaryl/α,β-unsaturated/α-hetero) is 1. The Morgan fingerprint density at radius 3 is 2.48 bits per heavy atom. The highest BCUT2D eigenvalue weighted by Crippen LogP contribution is 2.40. The Morgan fingerprint density at radius 1 is 1.12 bits per heavy atom. The first-order chi connectivity index (χ1) is 15.8. The molecule has 0 radical (unpaired) electrons. The van der Waals surface area contributed by atoms with Crippen molar-refractivity contribution in [3.63, 3.8) is 0 Å². The smallest absolute Gasteiger partial charge is 0.337 e. The van der Waals surface area contributed by atoms with Crippen LogP contribution in [0.1, 0.15) is 40.0 Å². The van der Waals surface area contributed by atoms with E-state index in [2.05, 4.69) is 0 Å². The van der Waals surface area contributed by atoms with E-state index >= 15 is 0 Å². The molecule has 8 heteroatoms. The summed E-state index contributed by atoms with van der Waals surface area (Å²) in [6.07, 6.45) is 0.724. The van der Waals surface area contributed by atoms with Crippen LogP contribution in [-0.4, -0.2) is 61.1 Å². The molecule has 33 heavy (non-hydrogen) atoms. The zero-order valence-corrected chi connectivity index (χ0v) is 18.7. The molecule has 0 unspecified atom stereocenters. The quantitative estimate of drug-likeness (QED) is 0.312. The molecule has 0 saturated carbocycles. The fourth-order valence-corrected chi connectivity index (χ4v) is 4.29. The third-order valence-electron chi connectivity index (χ3n) is 5.89. The third-order valence-corrected chi connectivity index (χ3v) is 5.89. The Morgan fingerprint density at radius 2 is 1.82 bits per heavy atom. The van der Waals surface area contributed by atoms with Crippen molar-refractivity contribution in [3.8, 4) is 5.75 Å². The second-order valence-corrected chi connectivity index (χ2v) is 8.05. The monoisotopic (exact) mass is 451 g/mol. The number of hydrogen-bond donors (Lipinski definition) is 1. The predicted octanol–water partition coefficient (Wildman–Crippen LogP) is 2.86. The summed E-state index contributed by atoms with van der Waals surface area (Å²) in [5.41, 5.74) is 2.28. The van der Waals surface area contributed by atoms with Crippen molar-refractivity contribution in [2.24, 2.45) is 0 Å². The van der Waals surface area contributed by atoms with Gasteiger partial charge in [-0.05, 0) is 48.4 Å². The van der Waals surface area contributed by atoms with Crippen LogP contribution < -0.4 is 4.74 Å². The Kier molecular flexibility index (Phi) is 6.20. The molecule has 1 fully saturated rings. The maximum atomic E-state index is 13.0. The number of rotatable bonds is 6. The van der Waals surface area contributed by atoms with Gasteiger partial charge in [0.05, 0.1) is 30.9 Å². The van der Waals surface area contributed by atoms with Crippen LogP contribution in [0.5, 0.6) is 5.75 Å². The molecule has 1 amide bonds. The highest BCUT2D eigenvalue weighted by Gasteiger charge is 2.46. The normalized spacial score (nSPS) is 21.1. The average Bonchev–Trinajstić information content (AvgIpc) is 3.32. The molecule has 2 aromatic rings. The fraction of sp³-hybridized carbons (Fsp3) is 0.320. The van der Waals surface area contributed by atoms with Crippen molar-refractivity contribution in [3.05, 3.63) is 70.3 Å². The minimum Gasteiger partial charge on any atom is -0.507 e. The number of ether oxygens (including phenoxy) is 3. The molecule has 0 aromatic heterocycles. The number of nitrogens with zero attached hydrogens (tertiary/aromatic N) is 1. The van der Waals surface area contributed by atoms with E-state index in [4.69, 9.17) is 14.2 Å². The third kappa shape index (κ3) is 4.09. The van der Waals surface area contributed by atoms with E-state index in [0.717, 1.165) is 11.3 Å². The van der Waals surface area contributed by atoms with Gasteiger partial charge in [-0.15, -0.1) is 0 Å². The van der Waals surface area contributed by atoms with Crippen molar-refractivity contribution < 1.29 is 33.7 Å². The lowest BCUT2D eigenvalue weighted by molar-refractivity contribution is -0.140. The van der Waals surface area contributed by atoms with E-state index in [1.54, 1.807) is 42.5 Å². The fourth-order valence-electron chi connectivity index (χ4n) is 4.29. The average molecular weight is 451 g/mol. The van der Waals surface area contributed by atoms with Gasteiger partial charge in [-0.3, -0.25) is 9.59 Å². The second-order valence-electron chi connectivity index (χ2n) is 8.05. The van der Waals surface area contributed by atoms with Gasteiger partial charge in [-0.1, -0.05) is 12.1 Å². The Bertz CT molecular complexity index is 1140. The predicted molar refractivity (Wildman–Crippen MR) is 119 cm³/mol. The summed E-state index contributed by atoms with van der Waals surface area (Å²) < 4.78 is 15.6. The summed E-state index contributed by atoms with van der Waals surface area (Å²) in [7, 11) is 2.79. The molecule has 2 aromatic carbocycles. The lowest BCUT2D eigenvalue weighted by atomic mass is 9.94. The van der Waals surface area contributed by atoms with Crippen LogP contribution in [0.3, 0.4) is 0 Å². The number of aliphatic hydroxyl groups excluding tert-OH is 1. The van der Waals surface area contributed by atoms with Crippen molar-refractivity contribution in [1.29, 1.82) is 0 Å². The molecule has 4 rings (SSSR count). The number of carbonyl (C=O) groups excluding carboxylic acids is 3. The standard InChI is InChI=1S/C25H25NO7/c1-14-12-18-13-17(8-9-19(18)33-14)22(27)20-21(26(10-11-31-2)24(29)23(20)28)15-4-6-16(7-5-15)25(30)32-3/h4-9,13-14,21,27H,10-12H2,1-3H3/t14-,21-/m0/s1. The number of fused-ring (bicyclic) bond motifs is 1. The Hall–Kier alpha value is -3.65. The summed E-state index contributed by atoms with van der Waals surface area (Å²) in [6.45, 7) is 2.34. The minimum atomic E-state index is -0.824. The van der Waals surface area contributed by atoms with Crippen molar-refractivity contribution in [2.75, 3.05) is 27.4 Å². The summed E-state index contributed by atoms with van der Waals surface area (Å²) in [6, 6.07) is 10.8. The number of amides is 1. The summed E-state index contributed by atoms with van der Waals surface area (Å²) in [4.78, 5) is 39.1. The number of hydrogen-bond acceptors (Lipinski definition) is 7. The van der Waals surface area contributed by atoms with Gasteiger partial charge >= 0.3 is 5.97 Å². The van der Waals surface area contributed by atoms with Crippen LogP contribution in [0.25, 0.3) is 5.76 Å². The van der Waals surface area contributed by atoms with Crippen LogP contribution in [0, 0.1) is 0 Å². The van der Waals surface area contributed by atoms with E-state index in [-0.39, 0.29) is 30.6 Å². The second kappa shape index (κ2) is 9.07. The summed E-state index contributed by atoms with van der Waals surface area (Å²) >= 11 is 0. The van der Waals surface area contributed by atoms with E-state index in [0.29, 0.717) is 23.1 Å². The van der Waals surface area contributed by atoms with Crippen molar-refractivity contribution >= 4 is 23.4 Å².